The summed E-state index contributed by atoms with van der Waals surface area (Å²) in [5.41, 5.74) is 0. The number of aliphatic imine (C=N–C) groups is 1. The maximum absolute atomic E-state index is 5.35. The smallest absolute Gasteiger partial charge is 0.191 e. The van der Waals surface area contributed by atoms with Crippen molar-refractivity contribution in [3.05, 3.63) is 0 Å². The van der Waals surface area contributed by atoms with Crippen LogP contribution in [0.15, 0.2) is 4.99 Å². The second-order valence-corrected chi connectivity index (χ2v) is 5.05. The Hall–Kier alpha value is -0.120. The SMILES string of the molecule is CCNC(=NCCCOCC)NCCCN1CCOCC1.I. The highest BCUT2D eigenvalue weighted by atomic mass is 127. The molecule has 0 aromatic heterocycles. The van der Waals surface area contributed by atoms with Crippen LogP contribution in [-0.4, -0.2) is 76.6 Å². The highest BCUT2D eigenvalue weighted by Gasteiger charge is 2.09. The van der Waals surface area contributed by atoms with Gasteiger partial charge in [0.2, 0.25) is 0 Å². The Bertz CT molecular complexity index is 274. The maximum Gasteiger partial charge on any atom is 0.191 e. The van der Waals surface area contributed by atoms with E-state index in [0.29, 0.717) is 0 Å². The Kier molecular flexibility index (Phi) is 15.7. The van der Waals surface area contributed by atoms with Gasteiger partial charge in [0.15, 0.2) is 5.96 Å². The zero-order valence-corrected chi connectivity index (χ0v) is 16.4. The van der Waals surface area contributed by atoms with Crippen LogP contribution in [0.4, 0.5) is 0 Å². The van der Waals surface area contributed by atoms with Gasteiger partial charge in [0, 0.05) is 45.9 Å². The molecule has 0 atom stereocenters. The maximum atomic E-state index is 5.35. The van der Waals surface area contributed by atoms with Crippen LogP contribution in [0.2, 0.25) is 0 Å². The van der Waals surface area contributed by atoms with Crippen molar-refractivity contribution >= 4 is 29.9 Å². The van der Waals surface area contributed by atoms with Gasteiger partial charge in [0.25, 0.3) is 0 Å². The monoisotopic (exact) mass is 428 g/mol. The molecule has 1 aliphatic rings. The fourth-order valence-electron chi connectivity index (χ4n) is 2.18. The Morgan fingerprint density at radius 2 is 1.95 bits per heavy atom. The lowest BCUT2D eigenvalue weighted by Crippen LogP contribution is -2.40. The molecule has 1 heterocycles. The predicted octanol–water partition coefficient (Wildman–Crippen LogP) is 1.31. The average Bonchev–Trinajstić information content (AvgIpc) is 2.52. The molecular formula is C15H33IN4O2. The molecule has 0 spiro atoms. The molecule has 22 heavy (non-hydrogen) atoms. The summed E-state index contributed by atoms with van der Waals surface area (Å²) in [6.07, 6.45) is 2.10. The molecule has 132 valence electrons. The number of halogens is 1. The first-order valence-electron chi connectivity index (χ1n) is 8.26. The quantitative estimate of drug-likeness (QED) is 0.238. The van der Waals surface area contributed by atoms with Crippen LogP contribution in [0.3, 0.4) is 0 Å². The molecule has 2 N–H and O–H groups in total. The van der Waals surface area contributed by atoms with E-state index in [1.54, 1.807) is 0 Å². The fourth-order valence-corrected chi connectivity index (χ4v) is 2.18. The van der Waals surface area contributed by atoms with Gasteiger partial charge in [0.05, 0.1) is 13.2 Å². The van der Waals surface area contributed by atoms with E-state index in [4.69, 9.17) is 9.47 Å². The summed E-state index contributed by atoms with van der Waals surface area (Å²) in [5.74, 6) is 0.913. The third kappa shape index (κ3) is 11.4. The minimum atomic E-state index is 0. The van der Waals surface area contributed by atoms with Gasteiger partial charge in [-0.15, -0.1) is 24.0 Å². The standard InChI is InChI=1S/C15H32N4O2.HI/c1-3-16-15(18-8-6-12-20-4-2)17-7-5-9-19-10-13-21-14-11-19;/h3-14H2,1-2H3,(H2,16,17,18);1H. The Morgan fingerprint density at radius 1 is 1.18 bits per heavy atom. The van der Waals surface area contributed by atoms with Crippen LogP contribution in [0.25, 0.3) is 0 Å². The summed E-state index contributed by atoms with van der Waals surface area (Å²) in [6.45, 7) is 13.3. The van der Waals surface area contributed by atoms with Crippen molar-refractivity contribution in [1.82, 2.24) is 15.5 Å². The highest BCUT2D eigenvalue weighted by molar-refractivity contribution is 14.0. The van der Waals surface area contributed by atoms with Gasteiger partial charge >= 0.3 is 0 Å². The van der Waals surface area contributed by atoms with Gasteiger partial charge in [-0.2, -0.15) is 0 Å². The summed E-state index contributed by atoms with van der Waals surface area (Å²) in [6, 6.07) is 0. The van der Waals surface area contributed by atoms with Crippen LogP contribution < -0.4 is 10.6 Å². The molecule has 6 nitrogen and oxygen atoms in total. The number of rotatable bonds is 10. The predicted molar refractivity (Wildman–Crippen MR) is 102 cm³/mol. The Morgan fingerprint density at radius 3 is 2.64 bits per heavy atom. The number of nitrogens with zero attached hydrogens (tertiary/aromatic N) is 2. The van der Waals surface area contributed by atoms with Gasteiger partial charge in [-0.3, -0.25) is 9.89 Å². The molecule has 0 aliphatic carbocycles. The molecule has 0 amide bonds. The van der Waals surface area contributed by atoms with Crippen molar-refractivity contribution in [2.45, 2.75) is 26.7 Å². The zero-order chi connectivity index (χ0) is 15.2. The molecule has 0 saturated carbocycles. The number of guanidine groups is 1. The Balaban J connectivity index is 0.00000441. The first kappa shape index (κ1) is 21.9. The van der Waals surface area contributed by atoms with E-state index in [2.05, 4.69) is 27.4 Å². The van der Waals surface area contributed by atoms with E-state index >= 15 is 0 Å². The van der Waals surface area contributed by atoms with Crippen LogP contribution >= 0.6 is 24.0 Å². The molecule has 1 fully saturated rings. The molecule has 1 aliphatic heterocycles. The third-order valence-corrected chi connectivity index (χ3v) is 3.31. The summed E-state index contributed by atoms with van der Waals surface area (Å²) in [4.78, 5) is 7.01. The minimum Gasteiger partial charge on any atom is -0.382 e. The Labute approximate surface area is 152 Å². The van der Waals surface area contributed by atoms with Gasteiger partial charge in [0.1, 0.15) is 0 Å². The van der Waals surface area contributed by atoms with E-state index < -0.39 is 0 Å². The summed E-state index contributed by atoms with van der Waals surface area (Å²) >= 11 is 0. The van der Waals surface area contributed by atoms with E-state index in [9.17, 15) is 0 Å². The van der Waals surface area contributed by atoms with Crippen molar-refractivity contribution in [2.75, 3.05) is 65.7 Å². The molecular weight excluding hydrogens is 395 g/mol. The van der Waals surface area contributed by atoms with Crippen LogP contribution in [-0.2, 0) is 9.47 Å². The summed E-state index contributed by atoms with van der Waals surface area (Å²) in [7, 11) is 0. The number of hydrogen-bond donors (Lipinski definition) is 2. The largest absolute Gasteiger partial charge is 0.382 e. The summed E-state index contributed by atoms with van der Waals surface area (Å²) in [5, 5.41) is 6.67. The molecule has 7 heteroatoms. The van der Waals surface area contributed by atoms with E-state index in [1.807, 2.05) is 6.92 Å². The number of hydrogen-bond acceptors (Lipinski definition) is 4. The number of nitrogens with one attached hydrogen (secondary N) is 2. The molecule has 1 saturated heterocycles. The van der Waals surface area contributed by atoms with Crippen LogP contribution in [0.5, 0.6) is 0 Å². The fraction of sp³-hybridized carbons (Fsp3) is 0.933. The van der Waals surface area contributed by atoms with Gasteiger partial charge in [-0.05, 0) is 33.2 Å². The number of morpholine rings is 1. The van der Waals surface area contributed by atoms with Crippen molar-refractivity contribution in [2.24, 2.45) is 4.99 Å². The molecule has 0 bridgehead atoms. The van der Waals surface area contributed by atoms with Gasteiger partial charge in [-0.25, -0.2) is 0 Å². The zero-order valence-electron chi connectivity index (χ0n) is 14.1. The van der Waals surface area contributed by atoms with E-state index in [1.165, 1.54) is 0 Å². The molecule has 0 aromatic rings. The average molecular weight is 428 g/mol. The first-order valence-corrected chi connectivity index (χ1v) is 8.26. The molecule has 1 rings (SSSR count). The second kappa shape index (κ2) is 15.8. The second-order valence-electron chi connectivity index (χ2n) is 5.05. The van der Waals surface area contributed by atoms with Crippen LogP contribution in [0, 0.1) is 0 Å². The lowest BCUT2D eigenvalue weighted by Gasteiger charge is -2.26. The molecule has 0 aromatic carbocycles. The van der Waals surface area contributed by atoms with Crippen molar-refractivity contribution < 1.29 is 9.47 Å². The first-order chi connectivity index (χ1) is 10.4. The molecule has 0 unspecified atom stereocenters. The van der Waals surface area contributed by atoms with E-state index in [-0.39, 0.29) is 24.0 Å². The lowest BCUT2D eigenvalue weighted by molar-refractivity contribution is 0.0376. The topological polar surface area (TPSA) is 58.1 Å². The van der Waals surface area contributed by atoms with Gasteiger partial charge in [-0.1, -0.05) is 0 Å². The third-order valence-electron chi connectivity index (χ3n) is 3.31. The summed E-state index contributed by atoms with van der Waals surface area (Å²) < 4.78 is 10.7. The highest BCUT2D eigenvalue weighted by Crippen LogP contribution is 1.97. The minimum absolute atomic E-state index is 0. The van der Waals surface area contributed by atoms with Crippen LogP contribution in [0.1, 0.15) is 26.7 Å². The molecule has 0 radical (unpaired) electrons. The number of ether oxygens (including phenoxy) is 2. The van der Waals surface area contributed by atoms with E-state index in [0.717, 1.165) is 84.5 Å². The van der Waals surface area contributed by atoms with Crippen molar-refractivity contribution in [1.29, 1.82) is 0 Å². The van der Waals surface area contributed by atoms with Gasteiger partial charge < -0.3 is 20.1 Å². The van der Waals surface area contributed by atoms with Crippen molar-refractivity contribution in [3.63, 3.8) is 0 Å². The van der Waals surface area contributed by atoms with Crippen molar-refractivity contribution in [3.8, 4) is 0 Å². The lowest BCUT2D eigenvalue weighted by atomic mass is 10.3. The normalized spacial score (nSPS) is 16.2.